The van der Waals surface area contributed by atoms with Crippen molar-refractivity contribution >= 4 is 12.2 Å². The molecule has 6 heteroatoms. The van der Waals surface area contributed by atoms with Crippen molar-refractivity contribution in [2.75, 3.05) is 13.1 Å². The molecule has 1 aromatic rings. The lowest BCUT2D eigenvalue weighted by Crippen LogP contribution is -2.42. The van der Waals surface area contributed by atoms with Crippen molar-refractivity contribution in [2.45, 2.75) is 71.7 Å². The first-order valence-corrected chi connectivity index (χ1v) is 8.98. The molecule has 124 valence electrons. The zero-order valence-electron chi connectivity index (χ0n) is 13.8. The van der Waals surface area contributed by atoms with Crippen LogP contribution in [0.1, 0.15) is 64.2 Å². The quantitative estimate of drug-likeness (QED) is 0.817. The molecule has 1 aliphatic carbocycles. The van der Waals surface area contributed by atoms with E-state index in [9.17, 15) is 5.11 Å². The number of piperidine rings is 1. The topological polar surface area (TPSA) is 46.2 Å². The summed E-state index contributed by atoms with van der Waals surface area (Å²) < 4.78 is 4.75. The molecule has 1 saturated carbocycles. The van der Waals surface area contributed by atoms with Gasteiger partial charge in [-0.05, 0) is 56.3 Å². The summed E-state index contributed by atoms with van der Waals surface area (Å²) >= 11 is 5.60. The van der Waals surface area contributed by atoms with Gasteiger partial charge in [0.1, 0.15) is 6.61 Å². The highest BCUT2D eigenvalue weighted by atomic mass is 32.1. The average molecular weight is 324 g/mol. The van der Waals surface area contributed by atoms with Crippen molar-refractivity contribution in [3.63, 3.8) is 0 Å². The Kier molecular flexibility index (Phi) is 4.71. The van der Waals surface area contributed by atoms with Gasteiger partial charge >= 0.3 is 0 Å². The molecule has 2 aliphatic rings. The van der Waals surface area contributed by atoms with Gasteiger partial charge in [0.05, 0.1) is 6.67 Å². The van der Waals surface area contributed by atoms with Gasteiger partial charge in [0.2, 0.25) is 0 Å². The molecule has 5 nitrogen and oxygen atoms in total. The molecule has 2 heterocycles. The number of hydrogen-bond donors (Lipinski definition) is 1. The first-order valence-electron chi connectivity index (χ1n) is 8.58. The van der Waals surface area contributed by atoms with Crippen molar-refractivity contribution in [3.05, 3.63) is 10.6 Å². The van der Waals surface area contributed by atoms with Crippen LogP contribution in [0.2, 0.25) is 0 Å². The maximum Gasteiger partial charge on any atom is 0.199 e. The van der Waals surface area contributed by atoms with Crippen molar-refractivity contribution in [3.8, 4) is 0 Å². The van der Waals surface area contributed by atoms with Crippen LogP contribution in [0.15, 0.2) is 0 Å². The summed E-state index contributed by atoms with van der Waals surface area (Å²) in [6.45, 7) is 7.64. The standard InChI is InChI=1S/C16H28N4OS/c1-3-7-16(2)8-4-9-18(11-16)12-19-15(22)20(13-5-6-13)14(10-21)17-19/h13,21H,3-12H2,1-2H3. The number of rotatable bonds is 6. The monoisotopic (exact) mass is 324 g/mol. The summed E-state index contributed by atoms with van der Waals surface area (Å²) in [5, 5.41) is 14.1. The van der Waals surface area contributed by atoms with Crippen LogP contribution in [0.25, 0.3) is 0 Å². The minimum atomic E-state index is -0.0271. The highest BCUT2D eigenvalue weighted by Gasteiger charge is 2.32. The van der Waals surface area contributed by atoms with Crippen LogP contribution >= 0.6 is 12.2 Å². The van der Waals surface area contributed by atoms with E-state index >= 15 is 0 Å². The molecule has 0 amide bonds. The fraction of sp³-hybridized carbons (Fsp3) is 0.875. The van der Waals surface area contributed by atoms with E-state index in [2.05, 4.69) is 28.4 Å². The van der Waals surface area contributed by atoms with Gasteiger partial charge in [0.15, 0.2) is 10.6 Å². The highest BCUT2D eigenvalue weighted by Crippen LogP contribution is 2.37. The Labute approximate surface area is 137 Å². The van der Waals surface area contributed by atoms with E-state index in [1.165, 1.54) is 25.7 Å². The summed E-state index contributed by atoms with van der Waals surface area (Å²) in [6, 6.07) is 0.468. The van der Waals surface area contributed by atoms with Crippen LogP contribution in [0.4, 0.5) is 0 Å². The Bertz CT molecular complexity index is 573. The van der Waals surface area contributed by atoms with Gasteiger partial charge in [-0.1, -0.05) is 20.3 Å². The van der Waals surface area contributed by atoms with Gasteiger partial charge in [-0.3, -0.25) is 9.47 Å². The van der Waals surface area contributed by atoms with Crippen molar-refractivity contribution in [1.82, 2.24) is 19.2 Å². The first-order chi connectivity index (χ1) is 10.6. The van der Waals surface area contributed by atoms with Gasteiger partial charge in [0, 0.05) is 12.6 Å². The summed E-state index contributed by atoms with van der Waals surface area (Å²) in [4.78, 5) is 2.47. The van der Waals surface area contributed by atoms with Crippen molar-refractivity contribution < 1.29 is 5.11 Å². The fourth-order valence-corrected chi connectivity index (χ4v) is 4.26. The van der Waals surface area contributed by atoms with E-state index in [0.717, 1.165) is 43.2 Å². The lowest BCUT2D eigenvalue weighted by atomic mass is 9.78. The number of hydrogen-bond acceptors (Lipinski definition) is 4. The van der Waals surface area contributed by atoms with Gasteiger partial charge in [-0.25, -0.2) is 4.68 Å². The molecule has 1 aromatic heterocycles. The number of nitrogens with zero attached hydrogens (tertiary/aromatic N) is 4. The molecule has 1 unspecified atom stereocenters. The Balaban J connectivity index is 1.74. The second-order valence-corrected chi connectivity index (χ2v) is 7.68. The first kappa shape index (κ1) is 16.1. The summed E-state index contributed by atoms with van der Waals surface area (Å²) in [5.41, 5.74) is 0.425. The van der Waals surface area contributed by atoms with E-state index in [0.29, 0.717) is 11.5 Å². The molecule has 0 bridgehead atoms. The molecule has 1 N–H and O–H groups in total. The number of aliphatic hydroxyl groups excluding tert-OH is 1. The Morgan fingerprint density at radius 2 is 2.18 bits per heavy atom. The average Bonchev–Trinajstić information content (AvgIpc) is 3.25. The van der Waals surface area contributed by atoms with Crippen LogP contribution in [-0.4, -0.2) is 37.4 Å². The number of aromatic nitrogens is 3. The Hall–Kier alpha value is -0.720. The zero-order valence-corrected chi connectivity index (χ0v) is 14.6. The van der Waals surface area contributed by atoms with Crippen LogP contribution in [0.5, 0.6) is 0 Å². The predicted octanol–water partition coefficient (Wildman–Crippen LogP) is 3.10. The summed E-state index contributed by atoms with van der Waals surface area (Å²) in [7, 11) is 0. The normalized spacial score (nSPS) is 26.5. The van der Waals surface area contributed by atoms with Crippen LogP contribution in [-0.2, 0) is 13.3 Å². The second-order valence-electron chi connectivity index (χ2n) is 7.32. The number of aliphatic hydroxyl groups is 1. The molecular formula is C16H28N4OS. The maximum absolute atomic E-state index is 9.54. The molecule has 1 atom stereocenters. The van der Waals surface area contributed by atoms with Crippen molar-refractivity contribution in [1.29, 1.82) is 0 Å². The minimum absolute atomic E-state index is 0.0271. The molecule has 1 aliphatic heterocycles. The largest absolute Gasteiger partial charge is 0.388 e. The molecule has 2 fully saturated rings. The predicted molar refractivity (Wildman–Crippen MR) is 89.1 cm³/mol. The lowest BCUT2D eigenvalue weighted by molar-refractivity contribution is 0.0664. The maximum atomic E-state index is 9.54. The molecule has 0 aromatic carbocycles. The van der Waals surface area contributed by atoms with E-state index in [4.69, 9.17) is 12.2 Å². The molecule has 0 spiro atoms. The number of likely N-dealkylation sites (tertiary alicyclic amines) is 1. The van der Waals surface area contributed by atoms with Gasteiger partial charge in [0.25, 0.3) is 0 Å². The smallest absolute Gasteiger partial charge is 0.199 e. The third-order valence-electron chi connectivity index (χ3n) is 5.04. The van der Waals surface area contributed by atoms with Gasteiger partial charge < -0.3 is 5.11 Å². The van der Waals surface area contributed by atoms with E-state index in [1.54, 1.807) is 0 Å². The van der Waals surface area contributed by atoms with E-state index < -0.39 is 0 Å². The van der Waals surface area contributed by atoms with Crippen molar-refractivity contribution in [2.24, 2.45) is 5.41 Å². The summed E-state index contributed by atoms with van der Waals surface area (Å²) in [6.07, 6.45) is 7.42. The highest BCUT2D eigenvalue weighted by molar-refractivity contribution is 7.71. The molecule has 1 saturated heterocycles. The van der Waals surface area contributed by atoms with Crippen LogP contribution < -0.4 is 0 Å². The Morgan fingerprint density at radius 1 is 1.41 bits per heavy atom. The molecule has 0 radical (unpaired) electrons. The summed E-state index contributed by atoms with van der Waals surface area (Å²) in [5.74, 6) is 0.723. The third-order valence-corrected chi connectivity index (χ3v) is 5.45. The van der Waals surface area contributed by atoms with E-state index in [-0.39, 0.29) is 6.61 Å². The van der Waals surface area contributed by atoms with Gasteiger partial charge in [-0.2, -0.15) is 5.10 Å². The third kappa shape index (κ3) is 3.29. The van der Waals surface area contributed by atoms with E-state index in [1.807, 2.05) is 4.68 Å². The zero-order chi connectivity index (χ0) is 15.7. The lowest BCUT2D eigenvalue weighted by Gasteiger charge is -2.40. The minimum Gasteiger partial charge on any atom is -0.388 e. The Morgan fingerprint density at radius 3 is 2.82 bits per heavy atom. The molecule has 3 rings (SSSR count). The van der Waals surface area contributed by atoms with Crippen LogP contribution in [0, 0.1) is 10.2 Å². The van der Waals surface area contributed by atoms with Crippen LogP contribution in [0.3, 0.4) is 0 Å². The molecule has 22 heavy (non-hydrogen) atoms. The second kappa shape index (κ2) is 6.42. The molecular weight excluding hydrogens is 296 g/mol. The SMILES string of the molecule is CCCC1(C)CCCN(Cn2nc(CO)n(C3CC3)c2=S)C1. The van der Waals surface area contributed by atoms with Gasteiger partial charge in [-0.15, -0.1) is 0 Å². The fourth-order valence-electron chi connectivity index (χ4n) is 3.91.